The highest BCUT2D eigenvalue weighted by molar-refractivity contribution is 9.10. The number of pyridine rings is 1. The van der Waals surface area contributed by atoms with Crippen LogP contribution in [0.3, 0.4) is 0 Å². The van der Waals surface area contributed by atoms with Crippen molar-refractivity contribution in [3.8, 4) is 0 Å². The lowest BCUT2D eigenvalue weighted by Crippen LogP contribution is -2.23. The molecule has 0 saturated carbocycles. The predicted molar refractivity (Wildman–Crippen MR) is 79.2 cm³/mol. The molecule has 0 aliphatic rings. The molecule has 0 aliphatic carbocycles. The van der Waals surface area contributed by atoms with E-state index in [4.69, 9.17) is 23.2 Å². The van der Waals surface area contributed by atoms with Crippen molar-refractivity contribution < 1.29 is 0 Å². The second-order valence-electron chi connectivity index (χ2n) is 4.79. The van der Waals surface area contributed by atoms with Gasteiger partial charge in [-0.15, -0.1) is 11.6 Å². The summed E-state index contributed by atoms with van der Waals surface area (Å²) in [5.41, 5.74) is 0.204. The molecule has 0 unspecified atom stereocenters. The summed E-state index contributed by atoms with van der Waals surface area (Å²) in [6.07, 6.45) is 3.76. The molecule has 5 heteroatoms. The summed E-state index contributed by atoms with van der Waals surface area (Å²) < 4.78 is 0.887. The summed E-state index contributed by atoms with van der Waals surface area (Å²) in [5, 5.41) is 3.96. The highest BCUT2D eigenvalue weighted by atomic mass is 79.9. The topological polar surface area (TPSA) is 24.9 Å². The van der Waals surface area contributed by atoms with Crippen molar-refractivity contribution in [1.82, 2.24) is 4.98 Å². The predicted octanol–water partition coefficient (Wildman–Crippen LogP) is 4.95. The molecule has 0 saturated heterocycles. The molecule has 1 heterocycles. The molecule has 17 heavy (non-hydrogen) atoms. The minimum atomic E-state index is 0.204. The minimum absolute atomic E-state index is 0.204. The van der Waals surface area contributed by atoms with Crippen molar-refractivity contribution in [3.63, 3.8) is 0 Å². The second-order valence-corrected chi connectivity index (χ2v) is 6.46. The van der Waals surface area contributed by atoms with Crippen molar-refractivity contribution in [1.29, 1.82) is 0 Å². The first-order valence-corrected chi connectivity index (χ1v) is 7.26. The van der Waals surface area contributed by atoms with Gasteiger partial charge in [0.15, 0.2) is 0 Å². The van der Waals surface area contributed by atoms with Crippen LogP contribution in [0.4, 0.5) is 5.82 Å². The van der Waals surface area contributed by atoms with Gasteiger partial charge in [0, 0.05) is 18.6 Å². The van der Waals surface area contributed by atoms with Gasteiger partial charge in [-0.05, 0) is 40.3 Å². The van der Waals surface area contributed by atoms with Crippen LogP contribution in [0.15, 0.2) is 16.7 Å². The maximum atomic E-state index is 5.84. The van der Waals surface area contributed by atoms with Gasteiger partial charge in [-0.25, -0.2) is 4.98 Å². The van der Waals surface area contributed by atoms with Gasteiger partial charge >= 0.3 is 0 Å². The van der Waals surface area contributed by atoms with Crippen LogP contribution in [-0.4, -0.2) is 17.4 Å². The summed E-state index contributed by atoms with van der Waals surface area (Å²) in [6.45, 7) is 5.30. The molecule has 1 aromatic rings. The van der Waals surface area contributed by atoms with Gasteiger partial charge in [0.25, 0.3) is 0 Å². The first kappa shape index (κ1) is 15.1. The van der Waals surface area contributed by atoms with E-state index in [1.807, 2.05) is 6.07 Å². The molecule has 1 N–H and O–H groups in total. The average Bonchev–Trinajstić information content (AvgIpc) is 2.25. The zero-order valence-electron chi connectivity index (χ0n) is 10.1. The van der Waals surface area contributed by atoms with Crippen LogP contribution in [0.2, 0.25) is 5.02 Å². The number of hydrogen-bond acceptors (Lipinski definition) is 2. The van der Waals surface area contributed by atoms with Crippen LogP contribution in [0, 0.1) is 5.41 Å². The van der Waals surface area contributed by atoms with E-state index >= 15 is 0 Å². The van der Waals surface area contributed by atoms with Crippen LogP contribution < -0.4 is 5.32 Å². The molecule has 0 bridgehead atoms. The summed E-state index contributed by atoms with van der Waals surface area (Å²) in [6, 6.07) is 1.84. The number of anilines is 1. The van der Waals surface area contributed by atoms with Gasteiger partial charge in [0.05, 0.1) is 9.50 Å². The van der Waals surface area contributed by atoms with Crippen molar-refractivity contribution in [2.24, 2.45) is 5.41 Å². The van der Waals surface area contributed by atoms with E-state index in [0.717, 1.165) is 29.7 Å². The zero-order valence-corrected chi connectivity index (χ0v) is 13.2. The van der Waals surface area contributed by atoms with E-state index in [-0.39, 0.29) is 5.41 Å². The van der Waals surface area contributed by atoms with Crippen LogP contribution >= 0.6 is 39.1 Å². The Hall–Kier alpha value is 0.01000. The molecule has 2 nitrogen and oxygen atoms in total. The first-order chi connectivity index (χ1) is 7.94. The van der Waals surface area contributed by atoms with Crippen LogP contribution in [-0.2, 0) is 0 Å². The number of nitrogens with zero attached hydrogens (tertiary/aromatic N) is 1. The Morgan fingerprint density at radius 2 is 2.18 bits per heavy atom. The molecule has 0 spiro atoms. The van der Waals surface area contributed by atoms with Crippen LogP contribution in [0.1, 0.15) is 26.7 Å². The molecular formula is C12H17BrCl2N2. The largest absolute Gasteiger partial charge is 0.369 e. The number of rotatable bonds is 6. The molecule has 96 valence electrons. The molecule has 0 aliphatic heterocycles. The zero-order chi connectivity index (χ0) is 12.9. The average molecular weight is 340 g/mol. The molecule has 0 amide bonds. The highest BCUT2D eigenvalue weighted by Crippen LogP contribution is 2.27. The van der Waals surface area contributed by atoms with Crippen molar-refractivity contribution in [3.05, 3.63) is 21.8 Å². The van der Waals surface area contributed by atoms with E-state index in [2.05, 4.69) is 40.1 Å². The maximum absolute atomic E-state index is 5.84. The third-order valence-electron chi connectivity index (χ3n) is 2.53. The van der Waals surface area contributed by atoms with Gasteiger partial charge < -0.3 is 5.32 Å². The van der Waals surface area contributed by atoms with E-state index < -0.39 is 0 Å². The Morgan fingerprint density at radius 3 is 2.76 bits per heavy atom. The number of aromatic nitrogens is 1. The fraction of sp³-hybridized carbons (Fsp3) is 0.583. The van der Waals surface area contributed by atoms with E-state index in [9.17, 15) is 0 Å². The molecule has 0 aromatic carbocycles. The number of hydrogen-bond donors (Lipinski definition) is 1. The number of nitrogens with one attached hydrogen (secondary N) is 1. The van der Waals surface area contributed by atoms with Crippen molar-refractivity contribution >= 4 is 44.9 Å². The third kappa shape index (κ3) is 5.45. The SMILES string of the molecule is CC(C)(CCCCl)CNc1ncc(Cl)cc1Br. The standard InChI is InChI=1S/C12H17BrCl2N2/c1-12(2,4-3-5-14)8-17-11-10(13)6-9(15)7-16-11/h6-7H,3-5,8H2,1-2H3,(H,16,17). The number of alkyl halides is 1. The Morgan fingerprint density at radius 1 is 1.47 bits per heavy atom. The lowest BCUT2D eigenvalue weighted by atomic mass is 9.88. The van der Waals surface area contributed by atoms with Gasteiger partial charge in [0.2, 0.25) is 0 Å². The molecule has 0 radical (unpaired) electrons. The van der Waals surface area contributed by atoms with Crippen LogP contribution in [0.5, 0.6) is 0 Å². The fourth-order valence-electron chi connectivity index (χ4n) is 1.50. The quantitative estimate of drug-likeness (QED) is 0.741. The number of halogens is 3. The lowest BCUT2D eigenvalue weighted by molar-refractivity contribution is 0.355. The smallest absolute Gasteiger partial charge is 0.140 e. The summed E-state index contributed by atoms with van der Waals surface area (Å²) in [7, 11) is 0. The van der Waals surface area contributed by atoms with Gasteiger partial charge in [0.1, 0.15) is 5.82 Å². The monoisotopic (exact) mass is 338 g/mol. The lowest BCUT2D eigenvalue weighted by Gasteiger charge is -2.25. The maximum Gasteiger partial charge on any atom is 0.140 e. The summed E-state index contributed by atoms with van der Waals surface area (Å²) in [4.78, 5) is 4.25. The Labute approximate surface area is 121 Å². The third-order valence-corrected chi connectivity index (χ3v) is 3.61. The van der Waals surface area contributed by atoms with E-state index in [1.165, 1.54) is 0 Å². The fourth-order valence-corrected chi connectivity index (χ4v) is 2.41. The Kier molecular flexibility index (Phi) is 6.04. The Balaban J connectivity index is 2.54. The van der Waals surface area contributed by atoms with Crippen molar-refractivity contribution in [2.45, 2.75) is 26.7 Å². The Bertz CT molecular complexity index is 370. The molecular weight excluding hydrogens is 323 g/mol. The van der Waals surface area contributed by atoms with Gasteiger partial charge in [-0.1, -0.05) is 25.4 Å². The second kappa shape index (κ2) is 6.81. The highest BCUT2D eigenvalue weighted by Gasteiger charge is 2.17. The first-order valence-electron chi connectivity index (χ1n) is 5.55. The molecule has 0 fully saturated rings. The van der Waals surface area contributed by atoms with Gasteiger partial charge in [-0.2, -0.15) is 0 Å². The van der Waals surface area contributed by atoms with E-state index in [1.54, 1.807) is 6.20 Å². The summed E-state index contributed by atoms with van der Waals surface area (Å²) in [5.74, 6) is 1.54. The molecule has 1 aromatic heterocycles. The minimum Gasteiger partial charge on any atom is -0.369 e. The van der Waals surface area contributed by atoms with E-state index in [0.29, 0.717) is 10.9 Å². The molecule has 1 rings (SSSR count). The molecule has 0 atom stereocenters. The normalized spacial score (nSPS) is 11.6. The van der Waals surface area contributed by atoms with Gasteiger partial charge in [-0.3, -0.25) is 0 Å². The van der Waals surface area contributed by atoms with Crippen LogP contribution in [0.25, 0.3) is 0 Å². The summed E-state index contributed by atoms with van der Waals surface area (Å²) >= 11 is 15.0. The van der Waals surface area contributed by atoms with Crippen molar-refractivity contribution in [2.75, 3.05) is 17.7 Å².